The van der Waals surface area contributed by atoms with Crippen LogP contribution in [0.25, 0.3) is 5.65 Å². The van der Waals surface area contributed by atoms with Gasteiger partial charge in [-0.25, -0.2) is 17.9 Å². The molecule has 2 aromatic heterocycles. The first kappa shape index (κ1) is 24.8. The minimum absolute atomic E-state index is 0.169. The predicted octanol–water partition coefficient (Wildman–Crippen LogP) is 2.58. The van der Waals surface area contributed by atoms with Crippen LogP contribution in [0.5, 0.6) is 0 Å². The monoisotopic (exact) mass is 498 g/mol. The van der Waals surface area contributed by atoms with Crippen molar-refractivity contribution in [3.8, 4) is 0 Å². The van der Waals surface area contributed by atoms with Crippen LogP contribution in [0, 0.1) is 13.8 Å². The SMILES string of the molecule is Cc1nc2c(C(N)=O)cnn2c(C)c1CCC(=O)Nc1cccc(S(=O)(=O)N2CCCCCC2)c1. The first-order chi connectivity index (χ1) is 16.7. The number of sulfonamides is 1. The van der Waals surface area contributed by atoms with Gasteiger partial charge in [-0.2, -0.15) is 9.40 Å². The second-order valence-corrected chi connectivity index (χ2v) is 10.8. The average Bonchev–Trinajstić information content (AvgIpc) is 3.04. The molecular formula is C24H30N6O4S. The lowest BCUT2D eigenvalue weighted by atomic mass is 10.1. The summed E-state index contributed by atoms with van der Waals surface area (Å²) >= 11 is 0. The number of aromatic nitrogens is 3. The molecule has 3 N–H and O–H groups in total. The van der Waals surface area contributed by atoms with Crippen LogP contribution in [-0.4, -0.2) is 52.2 Å². The van der Waals surface area contributed by atoms with Crippen molar-refractivity contribution in [3.63, 3.8) is 0 Å². The number of carbonyl (C=O) groups excluding carboxylic acids is 2. The van der Waals surface area contributed by atoms with Gasteiger partial charge in [0.15, 0.2) is 5.65 Å². The van der Waals surface area contributed by atoms with E-state index in [2.05, 4.69) is 15.4 Å². The number of fused-ring (bicyclic) bond motifs is 1. The van der Waals surface area contributed by atoms with Gasteiger partial charge >= 0.3 is 0 Å². The zero-order valence-corrected chi connectivity index (χ0v) is 20.8. The quantitative estimate of drug-likeness (QED) is 0.513. The first-order valence-electron chi connectivity index (χ1n) is 11.7. The van der Waals surface area contributed by atoms with Gasteiger partial charge < -0.3 is 11.1 Å². The standard InChI is InChI=1S/C24H30N6O4S/c1-16-20(17(2)30-24(27-16)21(15-26-30)23(25)32)10-11-22(31)28-18-8-7-9-19(14-18)35(33,34)29-12-5-3-4-6-13-29/h7-9,14-15H,3-6,10-13H2,1-2H3,(H2,25,32)(H,28,31). The van der Waals surface area contributed by atoms with E-state index in [-0.39, 0.29) is 22.8 Å². The van der Waals surface area contributed by atoms with Crippen LogP contribution in [0.2, 0.25) is 0 Å². The van der Waals surface area contributed by atoms with E-state index in [1.165, 1.54) is 16.6 Å². The molecule has 0 spiro atoms. The maximum atomic E-state index is 13.1. The number of nitrogens with one attached hydrogen (secondary N) is 1. The molecule has 4 rings (SSSR count). The molecule has 1 saturated heterocycles. The largest absolute Gasteiger partial charge is 0.365 e. The summed E-state index contributed by atoms with van der Waals surface area (Å²) in [5.41, 5.74) is 8.79. The van der Waals surface area contributed by atoms with E-state index in [1.807, 2.05) is 13.8 Å². The lowest BCUT2D eigenvalue weighted by Crippen LogP contribution is -2.32. The maximum absolute atomic E-state index is 13.1. The summed E-state index contributed by atoms with van der Waals surface area (Å²) in [6, 6.07) is 6.39. The van der Waals surface area contributed by atoms with Crippen molar-refractivity contribution in [1.29, 1.82) is 0 Å². The molecule has 11 heteroatoms. The zero-order valence-electron chi connectivity index (χ0n) is 20.0. The van der Waals surface area contributed by atoms with Gasteiger partial charge in [0.05, 0.1) is 11.1 Å². The molecule has 1 aliphatic rings. The van der Waals surface area contributed by atoms with Crippen molar-refractivity contribution in [3.05, 3.63) is 53.0 Å². The Hall–Kier alpha value is -3.31. The van der Waals surface area contributed by atoms with E-state index in [1.54, 1.807) is 22.7 Å². The fourth-order valence-electron chi connectivity index (χ4n) is 4.47. The van der Waals surface area contributed by atoms with E-state index in [9.17, 15) is 18.0 Å². The molecule has 0 radical (unpaired) electrons. The van der Waals surface area contributed by atoms with Gasteiger partial charge in [-0.15, -0.1) is 0 Å². The summed E-state index contributed by atoms with van der Waals surface area (Å²) in [6.45, 7) is 4.71. The average molecular weight is 499 g/mol. The molecule has 0 unspecified atom stereocenters. The number of aryl methyl sites for hydroxylation is 2. The Kier molecular flexibility index (Phi) is 7.18. The van der Waals surface area contributed by atoms with E-state index < -0.39 is 15.9 Å². The van der Waals surface area contributed by atoms with Crippen molar-refractivity contribution >= 4 is 33.2 Å². The molecule has 0 atom stereocenters. The molecule has 1 aromatic carbocycles. The van der Waals surface area contributed by atoms with Crippen LogP contribution in [0.4, 0.5) is 5.69 Å². The Balaban J connectivity index is 1.46. The highest BCUT2D eigenvalue weighted by molar-refractivity contribution is 7.89. The Morgan fingerprint density at radius 2 is 1.83 bits per heavy atom. The van der Waals surface area contributed by atoms with Crippen LogP contribution in [0.1, 0.15) is 59.4 Å². The zero-order chi connectivity index (χ0) is 25.2. The minimum atomic E-state index is -3.60. The number of nitrogens with two attached hydrogens (primary N) is 1. The third kappa shape index (κ3) is 5.20. The molecule has 1 fully saturated rings. The second-order valence-electron chi connectivity index (χ2n) is 8.81. The molecule has 3 heterocycles. The molecule has 3 aromatic rings. The van der Waals surface area contributed by atoms with E-state index >= 15 is 0 Å². The van der Waals surface area contributed by atoms with Crippen LogP contribution < -0.4 is 11.1 Å². The Morgan fingerprint density at radius 1 is 1.11 bits per heavy atom. The Labute approximate surface area is 204 Å². The van der Waals surface area contributed by atoms with Crippen LogP contribution >= 0.6 is 0 Å². The third-order valence-corrected chi connectivity index (χ3v) is 8.29. The van der Waals surface area contributed by atoms with Gasteiger partial charge in [-0.05, 0) is 56.9 Å². The smallest absolute Gasteiger partial charge is 0.254 e. The fourth-order valence-corrected chi connectivity index (χ4v) is 6.04. The van der Waals surface area contributed by atoms with E-state index in [0.717, 1.165) is 36.9 Å². The summed E-state index contributed by atoms with van der Waals surface area (Å²) in [7, 11) is -3.60. The first-order valence-corrected chi connectivity index (χ1v) is 13.2. The van der Waals surface area contributed by atoms with E-state index in [4.69, 9.17) is 5.73 Å². The summed E-state index contributed by atoms with van der Waals surface area (Å²) in [4.78, 5) is 28.9. The number of rotatable bonds is 7. The van der Waals surface area contributed by atoms with Gasteiger partial charge in [0.1, 0.15) is 5.56 Å². The highest BCUT2D eigenvalue weighted by Crippen LogP contribution is 2.23. The molecule has 35 heavy (non-hydrogen) atoms. The van der Waals surface area contributed by atoms with Crippen molar-refractivity contribution in [2.24, 2.45) is 5.73 Å². The number of hydrogen-bond acceptors (Lipinski definition) is 6. The van der Waals surface area contributed by atoms with Gasteiger partial charge in [-0.3, -0.25) is 9.59 Å². The lowest BCUT2D eigenvalue weighted by molar-refractivity contribution is -0.116. The van der Waals surface area contributed by atoms with Crippen LogP contribution in [-0.2, 0) is 21.2 Å². The fraction of sp³-hybridized carbons (Fsp3) is 0.417. The molecule has 0 saturated carbocycles. The molecule has 10 nitrogen and oxygen atoms in total. The molecular weight excluding hydrogens is 468 g/mol. The highest BCUT2D eigenvalue weighted by atomic mass is 32.2. The molecule has 0 bridgehead atoms. The number of anilines is 1. The number of amides is 2. The Morgan fingerprint density at radius 3 is 2.51 bits per heavy atom. The number of hydrogen-bond donors (Lipinski definition) is 2. The lowest BCUT2D eigenvalue weighted by Gasteiger charge is -2.20. The summed E-state index contributed by atoms with van der Waals surface area (Å²) in [5, 5.41) is 7.01. The number of benzene rings is 1. The van der Waals surface area contributed by atoms with Crippen molar-refractivity contribution in [2.45, 2.75) is 57.3 Å². The van der Waals surface area contributed by atoms with Gasteiger partial charge in [-0.1, -0.05) is 18.9 Å². The summed E-state index contributed by atoms with van der Waals surface area (Å²) in [5.74, 6) is -0.843. The van der Waals surface area contributed by atoms with E-state index in [0.29, 0.717) is 36.5 Å². The highest BCUT2D eigenvalue weighted by Gasteiger charge is 2.25. The maximum Gasteiger partial charge on any atom is 0.254 e. The second kappa shape index (κ2) is 10.1. The van der Waals surface area contributed by atoms with Gasteiger partial charge in [0.2, 0.25) is 15.9 Å². The van der Waals surface area contributed by atoms with Gasteiger partial charge in [0.25, 0.3) is 5.91 Å². The minimum Gasteiger partial charge on any atom is -0.365 e. The van der Waals surface area contributed by atoms with Crippen LogP contribution in [0.15, 0.2) is 35.4 Å². The van der Waals surface area contributed by atoms with Crippen LogP contribution in [0.3, 0.4) is 0 Å². The number of carbonyl (C=O) groups is 2. The third-order valence-electron chi connectivity index (χ3n) is 6.40. The summed E-state index contributed by atoms with van der Waals surface area (Å²) in [6.07, 6.45) is 5.76. The molecule has 1 aliphatic heterocycles. The number of nitrogens with zero attached hydrogens (tertiary/aromatic N) is 4. The molecule has 0 aliphatic carbocycles. The topological polar surface area (TPSA) is 140 Å². The number of primary amides is 1. The summed E-state index contributed by atoms with van der Waals surface area (Å²) < 4.78 is 29.3. The van der Waals surface area contributed by atoms with Crippen molar-refractivity contribution in [1.82, 2.24) is 18.9 Å². The molecule has 2 amide bonds. The van der Waals surface area contributed by atoms with Crippen molar-refractivity contribution < 1.29 is 18.0 Å². The normalized spacial score (nSPS) is 15.1. The molecule has 186 valence electrons. The van der Waals surface area contributed by atoms with Crippen molar-refractivity contribution in [2.75, 3.05) is 18.4 Å². The Bertz CT molecular complexity index is 1370. The predicted molar refractivity (Wildman–Crippen MR) is 132 cm³/mol. The van der Waals surface area contributed by atoms with Gasteiger partial charge in [0, 0.05) is 36.6 Å².